The highest BCUT2D eigenvalue weighted by atomic mass is 16.7. The SMILES string of the molecule is CCC(=O)CC(=O)OC(C)(C)OC(C)(C)CC(=O)CC(C)=O. The molecule has 0 aromatic rings. The van der Waals surface area contributed by atoms with E-state index >= 15 is 0 Å². The first-order chi connectivity index (χ1) is 9.87. The van der Waals surface area contributed by atoms with Crippen molar-refractivity contribution in [3.05, 3.63) is 0 Å². The molecule has 126 valence electrons. The molecule has 0 spiro atoms. The summed E-state index contributed by atoms with van der Waals surface area (Å²) in [6.45, 7) is 9.45. The van der Waals surface area contributed by atoms with Gasteiger partial charge in [0, 0.05) is 26.7 Å². The van der Waals surface area contributed by atoms with Crippen molar-refractivity contribution in [3.63, 3.8) is 0 Å². The Morgan fingerprint density at radius 2 is 1.45 bits per heavy atom. The summed E-state index contributed by atoms with van der Waals surface area (Å²) in [6, 6.07) is 0. The Kier molecular flexibility index (Phi) is 7.59. The van der Waals surface area contributed by atoms with Gasteiger partial charge in [-0.15, -0.1) is 0 Å². The number of Topliss-reactive ketones (excluding diaryl/α,β-unsaturated/α-hetero) is 3. The average molecular weight is 314 g/mol. The molecule has 0 N–H and O–H groups in total. The van der Waals surface area contributed by atoms with Gasteiger partial charge in [-0.25, -0.2) is 0 Å². The molecule has 22 heavy (non-hydrogen) atoms. The molecule has 0 rings (SSSR count). The van der Waals surface area contributed by atoms with E-state index in [1.54, 1.807) is 34.6 Å². The van der Waals surface area contributed by atoms with Gasteiger partial charge in [-0.2, -0.15) is 0 Å². The van der Waals surface area contributed by atoms with Gasteiger partial charge in [0.05, 0.1) is 12.0 Å². The molecule has 0 aliphatic rings. The number of carbonyl (C=O) groups is 4. The van der Waals surface area contributed by atoms with Gasteiger partial charge in [0.25, 0.3) is 0 Å². The number of ether oxygens (including phenoxy) is 2. The molecule has 0 saturated heterocycles. The van der Waals surface area contributed by atoms with Crippen molar-refractivity contribution in [1.29, 1.82) is 0 Å². The quantitative estimate of drug-likeness (QED) is 0.349. The molecule has 0 bridgehead atoms. The van der Waals surface area contributed by atoms with E-state index in [0.717, 1.165) is 0 Å². The van der Waals surface area contributed by atoms with Gasteiger partial charge in [0.1, 0.15) is 23.8 Å². The first-order valence-corrected chi connectivity index (χ1v) is 7.31. The monoisotopic (exact) mass is 314 g/mol. The summed E-state index contributed by atoms with van der Waals surface area (Å²) in [7, 11) is 0. The van der Waals surface area contributed by atoms with Crippen LogP contribution in [0.1, 0.15) is 67.2 Å². The predicted molar refractivity (Wildman–Crippen MR) is 80.2 cm³/mol. The highest BCUT2D eigenvalue weighted by molar-refractivity contribution is 5.98. The molecule has 0 aliphatic heterocycles. The van der Waals surface area contributed by atoms with Gasteiger partial charge in [0.15, 0.2) is 0 Å². The van der Waals surface area contributed by atoms with Crippen molar-refractivity contribution in [2.75, 3.05) is 0 Å². The highest BCUT2D eigenvalue weighted by Gasteiger charge is 2.34. The zero-order valence-corrected chi connectivity index (χ0v) is 14.3. The van der Waals surface area contributed by atoms with E-state index in [1.165, 1.54) is 6.92 Å². The number of hydrogen-bond acceptors (Lipinski definition) is 6. The molecule has 6 nitrogen and oxygen atoms in total. The first-order valence-electron chi connectivity index (χ1n) is 7.31. The second-order valence-electron chi connectivity index (χ2n) is 6.40. The lowest BCUT2D eigenvalue weighted by Crippen LogP contribution is -2.42. The van der Waals surface area contributed by atoms with Crippen LogP contribution in [0.5, 0.6) is 0 Å². The summed E-state index contributed by atoms with van der Waals surface area (Å²) < 4.78 is 10.8. The molecule has 0 radical (unpaired) electrons. The molecule has 0 heterocycles. The zero-order chi connectivity index (χ0) is 17.6. The Bertz CT molecular complexity index is 448. The van der Waals surface area contributed by atoms with Gasteiger partial charge in [0.2, 0.25) is 5.79 Å². The summed E-state index contributed by atoms with van der Waals surface area (Å²) in [5.41, 5.74) is -0.898. The van der Waals surface area contributed by atoms with Crippen molar-refractivity contribution in [2.45, 2.75) is 78.6 Å². The van der Waals surface area contributed by atoms with Crippen molar-refractivity contribution in [3.8, 4) is 0 Å². The fraction of sp³-hybridized carbons (Fsp3) is 0.750. The summed E-state index contributed by atoms with van der Waals surface area (Å²) in [5, 5.41) is 0. The van der Waals surface area contributed by atoms with Crippen LogP contribution in [0.3, 0.4) is 0 Å². The minimum absolute atomic E-state index is 0.0292. The van der Waals surface area contributed by atoms with Crippen LogP contribution in [0.15, 0.2) is 0 Å². The minimum Gasteiger partial charge on any atom is -0.433 e. The minimum atomic E-state index is -1.27. The third kappa shape index (κ3) is 9.39. The Hall–Kier alpha value is -1.56. The number of carbonyl (C=O) groups excluding carboxylic acids is 4. The molecular formula is C16H26O6. The molecule has 0 fully saturated rings. The maximum atomic E-state index is 11.7. The van der Waals surface area contributed by atoms with E-state index in [1.807, 2.05) is 0 Å². The molecule has 0 saturated carbocycles. The van der Waals surface area contributed by atoms with Crippen LogP contribution in [0.2, 0.25) is 0 Å². The molecule has 0 amide bonds. The normalized spacial score (nSPS) is 11.9. The van der Waals surface area contributed by atoms with E-state index in [-0.39, 0.29) is 43.0 Å². The van der Waals surface area contributed by atoms with Gasteiger partial charge in [-0.1, -0.05) is 6.92 Å². The Morgan fingerprint density at radius 1 is 0.909 bits per heavy atom. The fourth-order valence-electron chi connectivity index (χ4n) is 2.13. The van der Waals surface area contributed by atoms with E-state index in [4.69, 9.17) is 9.47 Å². The Labute approximate surface area is 131 Å². The molecule has 0 aromatic carbocycles. The molecule has 6 heteroatoms. The zero-order valence-electron chi connectivity index (χ0n) is 14.3. The lowest BCUT2D eigenvalue weighted by atomic mass is 9.98. The molecule has 0 unspecified atom stereocenters. The lowest BCUT2D eigenvalue weighted by Gasteiger charge is -2.35. The maximum Gasteiger partial charge on any atom is 0.315 e. The van der Waals surface area contributed by atoms with E-state index < -0.39 is 17.4 Å². The molecule has 0 aromatic heterocycles. The Balaban J connectivity index is 4.60. The second-order valence-corrected chi connectivity index (χ2v) is 6.40. The van der Waals surface area contributed by atoms with Crippen LogP contribution < -0.4 is 0 Å². The van der Waals surface area contributed by atoms with Crippen molar-refractivity contribution >= 4 is 23.3 Å². The van der Waals surface area contributed by atoms with Gasteiger partial charge in [-0.3, -0.25) is 19.2 Å². The molecule has 0 aliphatic carbocycles. The summed E-state index contributed by atoms with van der Waals surface area (Å²) in [5.74, 6) is -2.59. The highest BCUT2D eigenvalue weighted by Crippen LogP contribution is 2.25. The third-order valence-corrected chi connectivity index (χ3v) is 2.69. The van der Waals surface area contributed by atoms with E-state index in [0.29, 0.717) is 0 Å². The van der Waals surface area contributed by atoms with Crippen LogP contribution >= 0.6 is 0 Å². The topological polar surface area (TPSA) is 86.7 Å². The number of esters is 1. The summed E-state index contributed by atoms with van der Waals surface area (Å²) in [4.78, 5) is 45.5. The molecular weight excluding hydrogens is 288 g/mol. The largest absolute Gasteiger partial charge is 0.433 e. The average Bonchev–Trinajstić information content (AvgIpc) is 2.22. The van der Waals surface area contributed by atoms with Crippen LogP contribution in [0, 0.1) is 0 Å². The van der Waals surface area contributed by atoms with Crippen molar-refractivity contribution < 1.29 is 28.7 Å². The second kappa shape index (κ2) is 8.17. The van der Waals surface area contributed by atoms with Crippen LogP contribution in [-0.4, -0.2) is 34.7 Å². The fourth-order valence-corrected chi connectivity index (χ4v) is 2.13. The smallest absolute Gasteiger partial charge is 0.315 e. The van der Waals surface area contributed by atoms with Gasteiger partial charge in [-0.05, 0) is 20.8 Å². The third-order valence-electron chi connectivity index (χ3n) is 2.69. The van der Waals surface area contributed by atoms with E-state index in [2.05, 4.69) is 0 Å². The van der Waals surface area contributed by atoms with Crippen LogP contribution in [-0.2, 0) is 28.7 Å². The van der Waals surface area contributed by atoms with E-state index in [9.17, 15) is 19.2 Å². The number of rotatable bonds is 10. The molecule has 0 atom stereocenters. The standard InChI is InChI=1S/C16H26O6/c1-7-12(18)9-14(20)21-16(5,6)22-15(3,4)10-13(19)8-11(2)17/h7-10H2,1-6H3. The summed E-state index contributed by atoms with van der Waals surface area (Å²) >= 11 is 0. The van der Waals surface area contributed by atoms with Gasteiger partial charge < -0.3 is 9.47 Å². The first kappa shape index (κ1) is 20.4. The number of hydrogen-bond donors (Lipinski definition) is 0. The maximum absolute atomic E-state index is 11.7. The lowest BCUT2D eigenvalue weighted by molar-refractivity contribution is -0.252. The number of ketones is 3. The van der Waals surface area contributed by atoms with Crippen molar-refractivity contribution in [2.24, 2.45) is 0 Å². The van der Waals surface area contributed by atoms with Crippen LogP contribution in [0.25, 0.3) is 0 Å². The van der Waals surface area contributed by atoms with Crippen LogP contribution in [0.4, 0.5) is 0 Å². The predicted octanol–water partition coefficient (Wildman–Crippen LogP) is 2.37. The van der Waals surface area contributed by atoms with Gasteiger partial charge >= 0.3 is 5.97 Å². The summed E-state index contributed by atoms with van der Waals surface area (Å²) in [6.07, 6.45) is -0.145. The Morgan fingerprint density at radius 3 is 1.91 bits per heavy atom. The van der Waals surface area contributed by atoms with Crippen molar-refractivity contribution in [1.82, 2.24) is 0 Å².